The Balaban J connectivity index is 1.60. The first-order chi connectivity index (χ1) is 14.0. The van der Waals surface area contributed by atoms with Gasteiger partial charge in [-0.3, -0.25) is 9.59 Å². The Kier molecular flexibility index (Phi) is 4.99. The van der Waals surface area contributed by atoms with Crippen molar-refractivity contribution >= 4 is 23.2 Å². The summed E-state index contributed by atoms with van der Waals surface area (Å²) in [4.78, 5) is 26.5. The number of anilines is 2. The van der Waals surface area contributed by atoms with Crippen LogP contribution in [-0.4, -0.2) is 18.4 Å². The normalized spacial score (nSPS) is 12.9. The highest BCUT2D eigenvalue weighted by Crippen LogP contribution is 2.35. The van der Waals surface area contributed by atoms with E-state index in [0.717, 1.165) is 11.1 Å². The molecule has 4 rings (SSSR count). The van der Waals surface area contributed by atoms with Gasteiger partial charge in [0.1, 0.15) is 11.6 Å². The molecule has 5 nitrogen and oxygen atoms in total. The minimum Gasteiger partial charge on any atom is -0.482 e. The molecule has 1 N–H and O–H groups in total. The second kappa shape index (κ2) is 7.75. The van der Waals surface area contributed by atoms with Crippen LogP contribution in [0.5, 0.6) is 5.75 Å². The van der Waals surface area contributed by atoms with Gasteiger partial charge in [-0.1, -0.05) is 35.9 Å². The smallest absolute Gasteiger partial charge is 0.265 e. The van der Waals surface area contributed by atoms with Gasteiger partial charge in [-0.15, -0.1) is 0 Å². The first-order valence-corrected chi connectivity index (χ1v) is 9.19. The Labute approximate surface area is 167 Å². The number of amides is 2. The van der Waals surface area contributed by atoms with Crippen molar-refractivity contribution in [2.24, 2.45) is 0 Å². The lowest BCUT2D eigenvalue weighted by Gasteiger charge is -2.30. The highest BCUT2D eigenvalue weighted by Gasteiger charge is 2.26. The van der Waals surface area contributed by atoms with E-state index in [4.69, 9.17) is 4.74 Å². The van der Waals surface area contributed by atoms with E-state index in [0.29, 0.717) is 23.7 Å². The maximum atomic E-state index is 13.4. The fourth-order valence-corrected chi connectivity index (χ4v) is 3.16. The van der Waals surface area contributed by atoms with Crippen LogP contribution >= 0.6 is 0 Å². The molecule has 1 heterocycles. The lowest BCUT2D eigenvalue weighted by Crippen LogP contribution is -2.38. The van der Waals surface area contributed by atoms with E-state index in [9.17, 15) is 14.0 Å². The van der Waals surface area contributed by atoms with Crippen LogP contribution in [0.15, 0.2) is 66.7 Å². The molecule has 2 amide bonds. The number of halogens is 1. The fraction of sp³-hybridized carbons (Fsp3) is 0.130. The molecule has 0 saturated heterocycles. The van der Waals surface area contributed by atoms with Gasteiger partial charge in [-0.2, -0.15) is 0 Å². The number of fused-ring (bicyclic) bond motifs is 1. The van der Waals surface area contributed by atoms with Gasteiger partial charge in [0.2, 0.25) is 0 Å². The Morgan fingerprint density at radius 2 is 1.90 bits per heavy atom. The lowest BCUT2D eigenvalue weighted by molar-refractivity contribution is -0.121. The van der Waals surface area contributed by atoms with E-state index in [1.165, 1.54) is 24.3 Å². The van der Waals surface area contributed by atoms with E-state index in [-0.39, 0.29) is 18.1 Å². The molecule has 0 atom stereocenters. The average Bonchev–Trinajstić information content (AvgIpc) is 2.71. The molecule has 1 aliphatic heterocycles. The summed E-state index contributed by atoms with van der Waals surface area (Å²) in [6.07, 6.45) is 0. The number of hydrogen-bond donors (Lipinski definition) is 1. The van der Waals surface area contributed by atoms with Crippen molar-refractivity contribution in [1.29, 1.82) is 0 Å². The zero-order valence-corrected chi connectivity index (χ0v) is 15.8. The second-order valence-corrected chi connectivity index (χ2v) is 6.90. The molecule has 6 heteroatoms. The third-order valence-electron chi connectivity index (χ3n) is 4.71. The largest absolute Gasteiger partial charge is 0.482 e. The van der Waals surface area contributed by atoms with Crippen molar-refractivity contribution in [3.8, 4) is 5.75 Å². The van der Waals surface area contributed by atoms with E-state index in [1.54, 1.807) is 23.1 Å². The Hall–Kier alpha value is -3.67. The molecule has 0 unspecified atom stereocenters. The molecule has 0 aromatic heterocycles. The van der Waals surface area contributed by atoms with Crippen molar-refractivity contribution in [3.05, 3.63) is 89.2 Å². The summed E-state index contributed by atoms with van der Waals surface area (Å²) in [5, 5.41) is 2.74. The molecule has 146 valence electrons. The van der Waals surface area contributed by atoms with Gasteiger partial charge in [0.25, 0.3) is 11.8 Å². The van der Waals surface area contributed by atoms with Gasteiger partial charge in [0, 0.05) is 11.3 Å². The maximum Gasteiger partial charge on any atom is 0.265 e. The third-order valence-corrected chi connectivity index (χ3v) is 4.71. The SMILES string of the molecule is Cc1ccc(CN2C(=O)COc3ccc(NC(=O)c4cccc(F)c4)cc32)cc1. The molecule has 0 bridgehead atoms. The average molecular weight is 390 g/mol. The molecule has 3 aromatic carbocycles. The molecule has 0 radical (unpaired) electrons. The summed E-state index contributed by atoms with van der Waals surface area (Å²) in [5.41, 5.74) is 3.42. The summed E-state index contributed by atoms with van der Waals surface area (Å²) in [7, 11) is 0. The number of ether oxygens (including phenoxy) is 1. The highest BCUT2D eigenvalue weighted by atomic mass is 19.1. The van der Waals surface area contributed by atoms with Crippen LogP contribution in [-0.2, 0) is 11.3 Å². The van der Waals surface area contributed by atoms with Crippen LogP contribution in [0.2, 0.25) is 0 Å². The minimum absolute atomic E-state index is 0.0339. The monoisotopic (exact) mass is 390 g/mol. The second-order valence-electron chi connectivity index (χ2n) is 6.90. The number of benzene rings is 3. The maximum absolute atomic E-state index is 13.4. The van der Waals surface area contributed by atoms with E-state index < -0.39 is 11.7 Å². The van der Waals surface area contributed by atoms with Gasteiger partial charge in [0.15, 0.2) is 6.61 Å². The van der Waals surface area contributed by atoms with Crippen LogP contribution in [0.25, 0.3) is 0 Å². The summed E-state index contributed by atoms with van der Waals surface area (Å²) in [6, 6.07) is 18.5. The quantitative estimate of drug-likeness (QED) is 0.722. The van der Waals surface area contributed by atoms with Gasteiger partial charge >= 0.3 is 0 Å². The third kappa shape index (κ3) is 4.11. The van der Waals surface area contributed by atoms with E-state index >= 15 is 0 Å². The van der Waals surface area contributed by atoms with Crippen LogP contribution in [0.3, 0.4) is 0 Å². The Morgan fingerprint density at radius 1 is 1.10 bits per heavy atom. The molecule has 0 fully saturated rings. The van der Waals surface area contributed by atoms with Gasteiger partial charge in [0.05, 0.1) is 12.2 Å². The fourth-order valence-electron chi connectivity index (χ4n) is 3.16. The molecule has 0 saturated carbocycles. The molecular weight excluding hydrogens is 371 g/mol. The molecule has 1 aliphatic rings. The van der Waals surface area contributed by atoms with Crippen LogP contribution in [0.4, 0.5) is 15.8 Å². The Morgan fingerprint density at radius 3 is 2.66 bits per heavy atom. The minimum atomic E-state index is -0.480. The van der Waals surface area contributed by atoms with E-state index in [1.807, 2.05) is 31.2 Å². The summed E-state index contributed by atoms with van der Waals surface area (Å²) < 4.78 is 18.9. The molecule has 0 aliphatic carbocycles. The summed E-state index contributed by atoms with van der Waals surface area (Å²) in [5.74, 6) is -0.504. The first-order valence-electron chi connectivity index (χ1n) is 9.19. The van der Waals surface area contributed by atoms with Gasteiger partial charge in [-0.25, -0.2) is 4.39 Å². The van der Waals surface area contributed by atoms with E-state index in [2.05, 4.69) is 5.32 Å². The number of carbonyl (C=O) groups excluding carboxylic acids is 2. The number of nitrogens with one attached hydrogen (secondary N) is 1. The highest BCUT2D eigenvalue weighted by molar-refractivity contribution is 6.05. The number of aryl methyl sites for hydroxylation is 1. The van der Waals surface area contributed by atoms with Crippen LogP contribution < -0.4 is 15.0 Å². The zero-order valence-electron chi connectivity index (χ0n) is 15.8. The predicted octanol–water partition coefficient (Wildman–Crippen LogP) is 4.31. The van der Waals surface area contributed by atoms with Gasteiger partial charge < -0.3 is 15.0 Å². The topological polar surface area (TPSA) is 58.6 Å². The first kappa shape index (κ1) is 18.7. The predicted molar refractivity (Wildman–Crippen MR) is 109 cm³/mol. The van der Waals surface area contributed by atoms with Crippen molar-refractivity contribution in [2.45, 2.75) is 13.5 Å². The van der Waals surface area contributed by atoms with Crippen LogP contribution in [0, 0.1) is 12.7 Å². The van der Waals surface area contributed by atoms with Crippen molar-refractivity contribution in [2.75, 3.05) is 16.8 Å². The molecular formula is C23H19FN2O3. The lowest BCUT2D eigenvalue weighted by atomic mass is 10.1. The Bertz CT molecular complexity index is 1080. The van der Waals surface area contributed by atoms with Crippen LogP contribution in [0.1, 0.15) is 21.5 Å². The standard InChI is InChI=1S/C23H19FN2O3/c1-15-5-7-16(8-6-15)13-26-20-12-19(9-10-21(20)29-14-22(26)27)25-23(28)17-3-2-4-18(24)11-17/h2-12H,13-14H2,1H3,(H,25,28). The number of rotatable bonds is 4. The van der Waals surface area contributed by atoms with Crippen molar-refractivity contribution in [3.63, 3.8) is 0 Å². The summed E-state index contributed by atoms with van der Waals surface area (Å²) >= 11 is 0. The number of nitrogens with zero attached hydrogens (tertiary/aromatic N) is 1. The molecule has 29 heavy (non-hydrogen) atoms. The van der Waals surface area contributed by atoms with Crippen molar-refractivity contribution in [1.82, 2.24) is 0 Å². The summed E-state index contributed by atoms with van der Waals surface area (Å²) in [6.45, 7) is 2.37. The van der Waals surface area contributed by atoms with Gasteiger partial charge in [-0.05, 0) is 48.9 Å². The zero-order chi connectivity index (χ0) is 20.4. The molecule has 3 aromatic rings. The number of carbonyl (C=O) groups is 2. The van der Waals surface area contributed by atoms with Crippen molar-refractivity contribution < 1.29 is 18.7 Å². The molecule has 0 spiro atoms. The number of hydrogen-bond acceptors (Lipinski definition) is 3.